The molecule has 0 aromatic heterocycles. The Hall–Kier alpha value is -1.49. The molecule has 0 aliphatic rings. The molecule has 5 heteroatoms. The average molecular weight is 243 g/mol. The second-order valence-corrected chi connectivity index (χ2v) is 3.74. The number of benzene rings is 1. The number of alkyl halides is 2. The van der Waals surface area contributed by atoms with Crippen LogP contribution in [0.4, 0.5) is 14.5 Å². The largest absolute Gasteiger partial charge is 0.395 e. The highest BCUT2D eigenvalue weighted by Gasteiger charge is 2.15. The van der Waals surface area contributed by atoms with E-state index >= 15 is 0 Å². The van der Waals surface area contributed by atoms with E-state index in [2.05, 4.69) is 0 Å². The van der Waals surface area contributed by atoms with Crippen molar-refractivity contribution in [3.05, 3.63) is 29.3 Å². The molecule has 0 heterocycles. The summed E-state index contributed by atoms with van der Waals surface area (Å²) in [6.07, 6.45) is -1.87. The number of carbonyl (C=O) groups excluding carboxylic acids is 1. The van der Waals surface area contributed by atoms with Gasteiger partial charge >= 0.3 is 0 Å². The van der Waals surface area contributed by atoms with E-state index in [1.807, 2.05) is 6.92 Å². The fraction of sp³-hybridized carbons (Fsp3) is 0.417. The Morgan fingerprint density at radius 3 is 2.71 bits per heavy atom. The molecule has 0 unspecified atom stereocenters. The van der Waals surface area contributed by atoms with Gasteiger partial charge in [-0.1, -0.05) is 11.6 Å². The summed E-state index contributed by atoms with van der Waals surface area (Å²) in [4.78, 5) is 12.2. The highest BCUT2D eigenvalue weighted by atomic mass is 19.3. The number of carbonyl (C=O) groups is 1. The van der Waals surface area contributed by atoms with Gasteiger partial charge in [0.15, 0.2) is 6.29 Å². The van der Waals surface area contributed by atoms with Crippen molar-refractivity contribution in [1.29, 1.82) is 0 Å². The molecule has 94 valence electrons. The number of aldehydes is 1. The Morgan fingerprint density at radius 1 is 1.47 bits per heavy atom. The lowest BCUT2D eigenvalue weighted by Gasteiger charge is -2.25. The van der Waals surface area contributed by atoms with Gasteiger partial charge in [0.2, 0.25) is 0 Å². The van der Waals surface area contributed by atoms with Gasteiger partial charge in [0.1, 0.15) is 0 Å². The summed E-state index contributed by atoms with van der Waals surface area (Å²) in [6, 6.07) is 5.01. The molecule has 0 atom stereocenters. The molecule has 0 saturated carbocycles. The van der Waals surface area contributed by atoms with Crippen LogP contribution >= 0.6 is 0 Å². The zero-order valence-electron chi connectivity index (χ0n) is 9.57. The topological polar surface area (TPSA) is 40.5 Å². The van der Waals surface area contributed by atoms with Gasteiger partial charge in [0, 0.05) is 17.8 Å². The van der Waals surface area contributed by atoms with Crippen LogP contribution in [0.2, 0.25) is 0 Å². The van der Waals surface area contributed by atoms with Crippen LogP contribution in [0.15, 0.2) is 18.2 Å². The maximum absolute atomic E-state index is 12.4. The lowest BCUT2D eigenvalue weighted by molar-refractivity contribution is 0.112. The monoisotopic (exact) mass is 243 g/mol. The fourth-order valence-electron chi connectivity index (χ4n) is 1.65. The van der Waals surface area contributed by atoms with E-state index in [1.54, 1.807) is 18.2 Å². The molecular weight excluding hydrogens is 228 g/mol. The summed E-state index contributed by atoms with van der Waals surface area (Å²) >= 11 is 0. The highest BCUT2D eigenvalue weighted by molar-refractivity contribution is 5.85. The van der Waals surface area contributed by atoms with Crippen LogP contribution in [0.25, 0.3) is 0 Å². The van der Waals surface area contributed by atoms with Crippen molar-refractivity contribution in [2.75, 3.05) is 24.6 Å². The Balaban J connectivity index is 3.03. The van der Waals surface area contributed by atoms with E-state index in [1.165, 1.54) is 4.90 Å². The molecule has 1 aromatic carbocycles. The third kappa shape index (κ3) is 3.78. The van der Waals surface area contributed by atoms with E-state index in [-0.39, 0.29) is 13.2 Å². The lowest BCUT2D eigenvalue weighted by atomic mass is 10.1. The number of aliphatic hydroxyl groups excluding tert-OH is 1. The zero-order valence-corrected chi connectivity index (χ0v) is 9.57. The van der Waals surface area contributed by atoms with Crippen molar-refractivity contribution in [3.63, 3.8) is 0 Å². The third-order valence-corrected chi connectivity index (χ3v) is 2.38. The predicted octanol–water partition coefficient (Wildman–Crippen LogP) is 1.87. The fourth-order valence-corrected chi connectivity index (χ4v) is 1.65. The van der Waals surface area contributed by atoms with Crippen molar-refractivity contribution < 1.29 is 18.7 Å². The number of hydrogen-bond acceptors (Lipinski definition) is 3. The summed E-state index contributed by atoms with van der Waals surface area (Å²) < 4.78 is 24.8. The first kappa shape index (κ1) is 13.6. The van der Waals surface area contributed by atoms with Crippen molar-refractivity contribution >= 4 is 12.0 Å². The molecule has 0 amide bonds. The minimum absolute atomic E-state index is 0.0776. The van der Waals surface area contributed by atoms with Gasteiger partial charge in [-0.25, -0.2) is 8.78 Å². The number of hydrogen-bond donors (Lipinski definition) is 1. The van der Waals surface area contributed by atoms with Crippen molar-refractivity contribution in [3.8, 4) is 0 Å². The van der Waals surface area contributed by atoms with Gasteiger partial charge in [0.25, 0.3) is 6.43 Å². The first-order valence-electron chi connectivity index (χ1n) is 5.28. The van der Waals surface area contributed by atoms with Gasteiger partial charge in [-0.2, -0.15) is 0 Å². The highest BCUT2D eigenvalue weighted by Crippen LogP contribution is 2.21. The van der Waals surface area contributed by atoms with E-state index < -0.39 is 13.0 Å². The summed E-state index contributed by atoms with van der Waals surface area (Å²) in [6.45, 7) is 1.16. The SMILES string of the molecule is Cc1ccc(N(CCO)CC(F)F)c(C=O)c1. The first-order chi connectivity index (χ1) is 8.08. The van der Waals surface area contributed by atoms with Crippen LogP contribution in [0, 0.1) is 6.92 Å². The van der Waals surface area contributed by atoms with Crippen molar-refractivity contribution in [2.45, 2.75) is 13.3 Å². The minimum atomic E-state index is -2.51. The van der Waals surface area contributed by atoms with Crippen molar-refractivity contribution in [2.24, 2.45) is 0 Å². The molecule has 1 rings (SSSR count). The number of aryl methyl sites for hydroxylation is 1. The Morgan fingerprint density at radius 2 is 2.18 bits per heavy atom. The normalized spacial score (nSPS) is 10.6. The maximum atomic E-state index is 12.4. The summed E-state index contributed by atoms with van der Waals surface area (Å²) in [5.74, 6) is 0. The van der Waals surface area contributed by atoms with Gasteiger partial charge < -0.3 is 10.0 Å². The van der Waals surface area contributed by atoms with Crippen LogP contribution in [0.1, 0.15) is 15.9 Å². The molecule has 0 aliphatic heterocycles. The Kier molecular flexibility index (Phi) is 5.03. The van der Waals surface area contributed by atoms with Gasteiger partial charge in [-0.3, -0.25) is 4.79 Å². The van der Waals surface area contributed by atoms with Crippen LogP contribution in [0.3, 0.4) is 0 Å². The molecule has 0 saturated heterocycles. The lowest BCUT2D eigenvalue weighted by Crippen LogP contribution is -2.32. The van der Waals surface area contributed by atoms with Crippen LogP contribution in [0.5, 0.6) is 0 Å². The summed E-state index contributed by atoms with van der Waals surface area (Å²) in [5.41, 5.74) is 1.68. The van der Waals surface area contributed by atoms with Gasteiger partial charge in [0.05, 0.1) is 13.2 Å². The molecule has 3 nitrogen and oxygen atoms in total. The summed E-state index contributed by atoms with van der Waals surface area (Å²) in [5, 5.41) is 8.85. The van der Waals surface area contributed by atoms with Gasteiger partial charge in [-0.05, 0) is 19.1 Å². The Labute approximate surface area is 98.7 Å². The number of halogens is 2. The second kappa shape index (κ2) is 6.30. The first-order valence-corrected chi connectivity index (χ1v) is 5.28. The average Bonchev–Trinajstić information content (AvgIpc) is 2.27. The van der Waals surface area contributed by atoms with Crippen LogP contribution in [-0.4, -0.2) is 37.5 Å². The molecule has 1 N–H and O–H groups in total. The molecule has 0 spiro atoms. The quantitative estimate of drug-likeness (QED) is 0.775. The molecule has 1 aromatic rings. The maximum Gasteiger partial charge on any atom is 0.255 e. The number of anilines is 1. The molecule has 17 heavy (non-hydrogen) atoms. The van der Waals surface area contributed by atoms with E-state index in [0.717, 1.165) is 5.56 Å². The third-order valence-electron chi connectivity index (χ3n) is 2.38. The van der Waals surface area contributed by atoms with E-state index in [9.17, 15) is 13.6 Å². The molecule has 0 radical (unpaired) electrons. The second-order valence-electron chi connectivity index (χ2n) is 3.74. The number of aliphatic hydroxyl groups is 1. The molecular formula is C12H15F2NO2. The number of rotatable bonds is 6. The predicted molar refractivity (Wildman–Crippen MR) is 61.9 cm³/mol. The Bertz CT molecular complexity index is 383. The molecule has 0 aliphatic carbocycles. The zero-order chi connectivity index (χ0) is 12.8. The smallest absolute Gasteiger partial charge is 0.255 e. The van der Waals surface area contributed by atoms with Crippen LogP contribution < -0.4 is 4.90 Å². The van der Waals surface area contributed by atoms with E-state index in [0.29, 0.717) is 17.5 Å². The number of nitrogens with zero attached hydrogens (tertiary/aromatic N) is 1. The van der Waals surface area contributed by atoms with E-state index in [4.69, 9.17) is 5.11 Å². The standard InChI is InChI=1S/C12H15F2NO2/c1-9-2-3-11(10(6-9)8-17)15(4-5-16)7-12(13)14/h2-3,6,8,12,16H,4-5,7H2,1H3. The molecule has 0 fully saturated rings. The van der Waals surface area contributed by atoms with Crippen molar-refractivity contribution in [1.82, 2.24) is 0 Å². The van der Waals surface area contributed by atoms with Crippen LogP contribution in [-0.2, 0) is 0 Å². The summed E-state index contributed by atoms with van der Waals surface area (Å²) in [7, 11) is 0. The minimum Gasteiger partial charge on any atom is -0.395 e. The van der Waals surface area contributed by atoms with Gasteiger partial charge in [-0.15, -0.1) is 0 Å². The molecule has 0 bridgehead atoms.